The lowest BCUT2D eigenvalue weighted by Gasteiger charge is -2.12. The van der Waals surface area contributed by atoms with Crippen LogP contribution in [-0.4, -0.2) is 21.2 Å². The van der Waals surface area contributed by atoms with Crippen LogP contribution >= 0.6 is 23.1 Å². The number of hydrogen-bond donors (Lipinski definition) is 1. The highest BCUT2D eigenvalue weighted by Gasteiger charge is 2.17. The second kappa shape index (κ2) is 8.33. The van der Waals surface area contributed by atoms with E-state index >= 15 is 0 Å². The SMILES string of the molecule is O=C(CSc1nc2ccsc2c(=O)n1-c1cc(F)cc(F)c1)Nc1ccccc1F. The Kier molecular flexibility index (Phi) is 5.60. The fourth-order valence-electron chi connectivity index (χ4n) is 2.76. The van der Waals surface area contributed by atoms with Crippen molar-refractivity contribution in [2.45, 2.75) is 5.16 Å². The summed E-state index contributed by atoms with van der Waals surface area (Å²) in [6.07, 6.45) is 0. The molecular weight excluding hydrogens is 435 g/mol. The lowest BCUT2D eigenvalue weighted by atomic mass is 10.3. The molecule has 0 saturated carbocycles. The van der Waals surface area contributed by atoms with Crippen molar-refractivity contribution < 1.29 is 18.0 Å². The Bertz CT molecular complexity index is 1300. The van der Waals surface area contributed by atoms with Gasteiger partial charge in [-0.2, -0.15) is 0 Å². The van der Waals surface area contributed by atoms with Gasteiger partial charge in [-0.25, -0.2) is 18.2 Å². The number of amides is 1. The van der Waals surface area contributed by atoms with E-state index in [2.05, 4.69) is 10.3 Å². The van der Waals surface area contributed by atoms with Gasteiger partial charge in [0.2, 0.25) is 5.91 Å². The highest BCUT2D eigenvalue weighted by molar-refractivity contribution is 7.99. The minimum Gasteiger partial charge on any atom is -0.323 e. The fraction of sp³-hybridized carbons (Fsp3) is 0.0500. The number of para-hydroxylation sites is 1. The minimum absolute atomic E-state index is 0.0222. The van der Waals surface area contributed by atoms with E-state index in [0.717, 1.165) is 39.8 Å². The zero-order chi connectivity index (χ0) is 21.3. The zero-order valence-electron chi connectivity index (χ0n) is 15.1. The average Bonchev–Trinajstić information content (AvgIpc) is 3.16. The number of benzene rings is 2. The van der Waals surface area contributed by atoms with Crippen molar-refractivity contribution in [3.63, 3.8) is 0 Å². The maximum absolute atomic E-state index is 13.7. The summed E-state index contributed by atoms with van der Waals surface area (Å²) in [5, 5.41) is 4.20. The molecule has 0 aliphatic rings. The van der Waals surface area contributed by atoms with Crippen molar-refractivity contribution in [3.8, 4) is 5.69 Å². The number of nitrogens with one attached hydrogen (secondary N) is 1. The molecule has 0 unspecified atom stereocenters. The molecule has 0 aliphatic carbocycles. The summed E-state index contributed by atoms with van der Waals surface area (Å²) < 4.78 is 42.6. The van der Waals surface area contributed by atoms with Crippen LogP contribution in [0.4, 0.5) is 18.9 Å². The topological polar surface area (TPSA) is 64.0 Å². The summed E-state index contributed by atoms with van der Waals surface area (Å²) in [5.41, 5.74) is -0.113. The number of rotatable bonds is 5. The third-order valence-corrected chi connectivity index (χ3v) is 5.87. The third-order valence-electron chi connectivity index (χ3n) is 4.03. The molecule has 152 valence electrons. The van der Waals surface area contributed by atoms with E-state index in [9.17, 15) is 22.8 Å². The Morgan fingerprint density at radius 2 is 1.83 bits per heavy atom. The Morgan fingerprint density at radius 1 is 1.10 bits per heavy atom. The molecular formula is C20H12F3N3O2S2. The predicted octanol–water partition coefficient (Wildman–Crippen LogP) is 4.60. The monoisotopic (exact) mass is 447 g/mol. The number of thioether (sulfide) groups is 1. The van der Waals surface area contributed by atoms with E-state index in [1.165, 1.54) is 18.2 Å². The number of fused-ring (bicyclic) bond motifs is 1. The van der Waals surface area contributed by atoms with Crippen LogP contribution in [0.2, 0.25) is 0 Å². The fourth-order valence-corrected chi connectivity index (χ4v) is 4.34. The number of nitrogens with zero attached hydrogens (tertiary/aromatic N) is 2. The zero-order valence-corrected chi connectivity index (χ0v) is 16.7. The van der Waals surface area contributed by atoms with E-state index in [4.69, 9.17) is 0 Å². The molecule has 30 heavy (non-hydrogen) atoms. The van der Waals surface area contributed by atoms with E-state index < -0.39 is 28.9 Å². The molecule has 4 aromatic rings. The summed E-state index contributed by atoms with van der Waals surface area (Å²) in [4.78, 5) is 29.6. The number of thiophene rings is 1. The van der Waals surface area contributed by atoms with Crippen LogP contribution in [0.1, 0.15) is 0 Å². The molecule has 1 N–H and O–H groups in total. The summed E-state index contributed by atoms with van der Waals surface area (Å²) in [5.74, 6) is -3.01. The first-order valence-corrected chi connectivity index (χ1v) is 10.4. The number of carbonyl (C=O) groups is 1. The first kappa shape index (κ1) is 20.2. The number of hydrogen-bond acceptors (Lipinski definition) is 5. The Balaban J connectivity index is 1.68. The van der Waals surface area contributed by atoms with Crippen molar-refractivity contribution in [1.82, 2.24) is 9.55 Å². The van der Waals surface area contributed by atoms with Crippen molar-refractivity contribution in [2.75, 3.05) is 11.1 Å². The summed E-state index contributed by atoms with van der Waals surface area (Å²) in [7, 11) is 0. The van der Waals surface area contributed by atoms with Crippen LogP contribution in [0, 0.1) is 17.5 Å². The largest absolute Gasteiger partial charge is 0.323 e. The molecule has 5 nitrogen and oxygen atoms in total. The van der Waals surface area contributed by atoms with Crippen LogP contribution in [0.15, 0.2) is 63.9 Å². The molecule has 0 bridgehead atoms. The molecule has 4 rings (SSSR count). The van der Waals surface area contributed by atoms with Crippen LogP contribution in [-0.2, 0) is 4.79 Å². The molecule has 0 atom stereocenters. The summed E-state index contributed by atoms with van der Waals surface area (Å²) in [6, 6.07) is 10.1. The standard InChI is InChI=1S/C20H12F3N3O2S2/c21-11-7-12(22)9-13(8-11)26-19(28)18-16(5-6-29-18)25-20(26)30-10-17(27)24-15-4-2-1-3-14(15)23/h1-9H,10H2,(H,24,27). The first-order valence-electron chi connectivity index (χ1n) is 8.56. The highest BCUT2D eigenvalue weighted by atomic mass is 32.2. The summed E-state index contributed by atoms with van der Waals surface area (Å²) in [6.45, 7) is 0. The van der Waals surface area contributed by atoms with E-state index in [0.29, 0.717) is 16.3 Å². The van der Waals surface area contributed by atoms with Gasteiger partial charge in [-0.15, -0.1) is 11.3 Å². The average molecular weight is 447 g/mol. The molecule has 2 heterocycles. The van der Waals surface area contributed by atoms with Crippen molar-refractivity contribution >= 4 is 44.9 Å². The van der Waals surface area contributed by atoms with Gasteiger partial charge in [0, 0.05) is 6.07 Å². The maximum Gasteiger partial charge on any atom is 0.276 e. The second-order valence-electron chi connectivity index (χ2n) is 6.11. The van der Waals surface area contributed by atoms with Gasteiger partial charge in [-0.3, -0.25) is 14.2 Å². The van der Waals surface area contributed by atoms with Gasteiger partial charge in [0.05, 0.1) is 22.6 Å². The lowest BCUT2D eigenvalue weighted by molar-refractivity contribution is -0.113. The molecule has 0 fully saturated rings. The van der Waals surface area contributed by atoms with E-state index in [1.807, 2.05) is 0 Å². The summed E-state index contributed by atoms with van der Waals surface area (Å²) >= 11 is 2.05. The number of halogens is 3. The van der Waals surface area contributed by atoms with Gasteiger partial charge in [0.25, 0.3) is 5.56 Å². The maximum atomic E-state index is 13.7. The molecule has 0 radical (unpaired) electrons. The van der Waals surface area contributed by atoms with Gasteiger partial charge in [0.15, 0.2) is 5.16 Å². The van der Waals surface area contributed by atoms with Crippen LogP contribution < -0.4 is 10.9 Å². The molecule has 10 heteroatoms. The Morgan fingerprint density at radius 3 is 2.57 bits per heavy atom. The molecule has 0 saturated heterocycles. The van der Waals surface area contributed by atoms with Crippen molar-refractivity contribution in [2.24, 2.45) is 0 Å². The number of carbonyl (C=O) groups excluding carboxylic acids is 1. The van der Waals surface area contributed by atoms with Crippen LogP contribution in [0.25, 0.3) is 15.9 Å². The molecule has 0 aliphatic heterocycles. The van der Waals surface area contributed by atoms with Crippen LogP contribution in [0.3, 0.4) is 0 Å². The smallest absolute Gasteiger partial charge is 0.276 e. The van der Waals surface area contributed by atoms with Crippen LogP contribution in [0.5, 0.6) is 0 Å². The lowest BCUT2D eigenvalue weighted by Crippen LogP contribution is -2.22. The van der Waals surface area contributed by atoms with E-state index in [1.54, 1.807) is 17.5 Å². The predicted molar refractivity (Wildman–Crippen MR) is 111 cm³/mol. The minimum atomic E-state index is -0.851. The second-order valence-corrected chi connectivity index (χ2v) is 7.97. The normalized spacial score (nSPS) is 11.0. The molecule has 2 aromatic carbocycles. The quantitative estimate of drug-likeness (QED) is 0.359. The van der Waals surface area contributed by atoms with Crippen molar-refractivity contribution in [1.29, 1.82) is 0 Å². The number of aromatic nitrogens is 2. The first-order chi connectivity index (χ1) is 14.4. The highest BCUT2D eigenvalue weighted by Crippen LogP contribution is 2.25. The van der Waals surface area contributed by atoms with Gasteiger partial charge in [-0.05, 0) is 35.7 Å². The molecule has 1 amide bonds. The van der Waals surface area contributed by atoms with Crippen molar-refractivity contribution in [3.05, 3.63) is 81.7 Å². The van der Waals surface area contributed by atoms with E-state index in [-0.39, 0.29) is 22.3 Å². The number of anilines is 1. The Hall–Kier alpha value is -3.11. The molecule has 2 aromatic heterocycles. The third kappa shape index (κ3) is 4.10. The van der Waals surface area contributed by atoms with Gasteiger partial charge < -0.3 is 5.32 Å². The van der Waals surface area contributed by atoms with Gasteiger partial charge in [-0.1, -0.05) is 23.9 Å². The molecule has 0 spiro atoms. The van der Waals surface area contributed by atoms with Gasteiger partial charge >= 0.3 is 0 Å². The Labute approximate surface area is 176 Å². The van der Waals surface area contributed by atoms with Gasteiger partial charge in [0.1, 0.15) is 22.2 Å².